The van der Waals surface area contributed by atoms with Crippen molar-refractivity contribution in [3.05, 3.63) is 29.8 Å². The van der Waals surface area contributed by atoms with E-state index in [1.54, 1.807) is 14.0 Å². The van der Waals surface area contributed by atoms with E-state index in [0.29, 0.717) is 5.56 Å². The molecule has 4 N–H and O–H groups in total. The van der Waals surface area contributed by atoms with Crippen molar-refractivity contribution >= 4 is 23.6 Å². The van der Waals surface area contributed by atoms with Crippen LogP contribution in [0.5, 0.6) is 0 Å². The molecule has 1 aliphatic heterocycles. The fourth-order valence-corrected chi connectivity index (χ4v) is 2.93. The molecule has 3 atom stereocenters. The monoisotopic (exact) mass is 376 g/mol. The van der Waals surface area contributed by atoms with Gasteiger partial charge in [-0.25, -0.2) is 0 Å². The lowest BCUT2D eigenvalue weighted by Crippen LogP contribution is -2.65. The third-order valence-electron chi connectivity index (χ3n) is 3.64. The van der Waals surface area contributed by atoms with Crippen LogP contribution in [0.15, 0.2) is 29.2 Å². The zero-order chi connectivity index (χ0) is 18.6. The Morgan fingerprint density at radius 3 is 2.52 bits per heavy atom. The second-order valence-corrected chi connectivity index (χ2v) is 6.70. The molecule has 0 aromatic heterocycles. The summed E-state index contributed by atoms with van der Waals surface area (Å²) in [5.74, 6) is -0.601. The van der Waals surface area contributed by atoms with E-state index < -0.39 is 23.9 Å². The molecular weight excluding hydrogens is 357 g/mol. The molecule has 0 radical (unpaired) electrons. The largest absolute Gasteiger partial charge is 0.446 e. The Labute approximate surface area is 147 Å². The number of carbonyl (C=O) groups is 2. The minimum atomic E-state index is -4.33. The van der Waals surface area contributed by atoms with E-state index in [0.717, 1.165) is 0 Å². The number of benzene rings is 1. The van der Waals surface area contributed by atoms with Gasteiger partial charge in [0.2, 0.25) is 11.8 Å². The number of nitrogens with one attached hydrogen (secondary N) is 4. The van der Waals surface area contributed by atoms with E-state index in [4.69, 9.17) is 0 Å². The van der Waals surface area contributed by atoms with E-state index in [1.165, 1.54) is 24.3 Å². The van der Waals surface area contributed by atoms with E-state index in [1.807, 2.05) is 0 Å². The first-order valence-electron chi connectivity index (χ1n) is 7.56. The SMILES string of the molecule is CNC1NC(=O)CC(C(=O)N[C@H](C)c2ccc(SC(F)(F)F)cc2)N1. The maximum atomic E-state index is 12.3. The molecule has 1 aromatic rings. The van der Waals surface area contributed by atoms with Gasteiger partial charge in [0.25, 0.3) is 0 Å². The van der Waals surface area contributed by atoms with Crippen LogP contribution in [0.1, 0.15) is 24.9 Å². The second kappa shape index (κ2) is 8.07. The maximum absolute atomic E-state index is 12.3. The number of alkyl halides is 3. The molecule has 1 fully saturated rings. The van der Waals surface area contributed by atoms with Crippen LogP contribution in [-0.2, 0) is 9.59 Å². The minimum absolute atomic E-state index is 0.0118. The van der Waals surface area contributed by atoms with Gasteiger partial charge in [0.1, 0.15) is 6.29 Å². The number of carbonyl (C=O) groups excluding carboxylic acids is 2. The smallest absolute Gasteiger partial charge is 0.348 e. The lowest BCUT2D eigenvalue weighted by Gasteiger charge is -2.31. The number of hydrogen-bond acceptors (Lipinski definition) is 5. The summed E-state index contributed by atoms with van der Waals surface area (Å²) in [6.45, 7) is 1.72. The van der Waals surface area contributed by atoms with E-state index in [9.17, 15) is 22.8 Å². The van der Waals surface area contributed by atoms with Gasteiger partial charge < -0.3 is 10.6 Å². The van der Waals surface area contributed by atoms with Crippen LogP contribution in [-0.4, -0.2) is 36.7 Å². The Morgan fingerprint density at radius 1 is 1.32 bits per heavy atom. The summed E-state index contributed by atoms with van der Waals surface area (Å²) in [6.07, 6.45) is -0.483. The number of thioether (sulfide) groups is 1. The lowest BCUT2D eigenvalue weighted by molar-refractivity contribution is -0.132. The van der Waals surface area contributed by atoms with Gasteiger partial charge in [-0.15, -0.1) is 0 Å². The summed E-state index contributed by atoms with van der Waals surface area (Å²) in [5, 5.41) is 11.1. The Bertz CT molecular complexity index is 624. The van der Waals surface area contributed by atoms with Crippen molar-refractivity contribution in [1.29, 1.82) is 0 Å². The summed E-state index contributed by atoms with van der Waals surface area (Å²) < 4.78 is 37.0. The third-order valence-corrected chi connectivity index (χ3v) is 4.38. The van der Waals surface area contributed by atoms with Crippen molar-refractivity contribution in [2.45, 2.75) is 42.1 Å². The predicted octanol–water partition coefficient (Wildman–Crippen LogP) is 1.46. The molecule has 138 valence electrons. The Balaban J connectivity index is 1.95. The molecule has 2 rings (SSSR count). The van der Waals surface area contributed by atoms with E-state index >= 15 is 0 Å². The Morgan fingerprint density at radius 2 is 1.96 bits per heavy atom. The van der Waals surface area contributed by atoms with E-state index in [-0.39, 0.29) is 34.9 Å². The fourth-order valence-electron chi connectivity index (χ4n) is 2.39. The standard InChI is InChI=1S/C15H19F3N4O2S/c1-8(9-3-5-10(6-4-9)25-15(16,17)18)20-13(24)11-7-12(23)22-14(19-2)21-11/h3-6,8,11,14,19,21H,7H2,1-2H3,(H,20,24)(H,22,23)/t8-,11?,14?/m1/s1. The average Bonchev–Trinajstić information content (AvgIpc) is 2.53. The molecule has 1 heterocycles. The Hall–Kier alpha value is -1.78. The van der Waals surface area contributed by atoms with E-state index in [2.05, 4.69) is 21.3 Å². The van der Waals surface area contributed by atoms with Gasteiger partial charge in [0, 0.05) is 4.90 Å². The number of halogens is 3. The molecule has 6 nitrogen and oxygen atoms in total. The molecule has 10 heteroatoms. The van der Waals surface area contributed by atoms with Gasteiger partial charge in [0.05, 0.1) is 18.5 Å². The van der Waals surface area contributed by atoms with Crippen molar-refractivity contribution in [2.75, 3.05) is 7.05 Å². The Kier molecular flexibility index (Phi) is 6.31. The summed E-state index contributed by atoms with van der Waals surface area (Å²) in [7, 11) is 1.64. The molecule has 1 saturated heterocycles. The van der Waals surface area contributed by atoms with Crippen molar-refractivity contribution in [3.63, 3.8) is 0 Å². The highest BCUT2D eigenvalue weighted by atomic mass is 32.2. The van der Waals surface area contributed by atoms with Crippen molar-refractivity contribution in [1.82, 2.24) is 21.3 Å². The zero-order valence-electron chi connectivity index (χ0n) is 13.6. The highest BCUT2D eigenvalue weighted by Gasteiger charge is 2.31. The highest BCUT2D eigenvalue weighted by molar-refractivity contribution is 8.00. The van der Waals surface area contributed by atoms with Gasteiger partial charge >= 0.3 is 5.51 Å². The summed E-state index contributed by atoms with van der Waals surface area (Å²) in [6, 6.07) is 4.71. The summed E-state index contributed by atoms with van der Waals surface area (Å²) in [4.78, 5) is 24.0. The van der Waals surface area contributed by atoms with Crippen molar-refractivity contribution in [3.8, 4) is 0 Å². The van der Waals surface area contributed by atoms with Crippen LogP contribution in [0.3, 0.4) is 0 Å². The number of hydrogen-bond donors (Lipinski definition) is 4. The normalized spacial score (nSPS) is 22.2. The first kappa shape index (κ1) is 19.5. The number of rotatable bonds is 5. The molecule has 1 aromatic carbocycles. The molecule has 1 aliphatic rings. The van der Waals surface area contributed by atoms with Gasteiger partial charge in [-0.2, -0.15) is 13.2 Å². The van der Waals surface area contributed by atoms with Gasteiger partial charge in [-0.1, -0.05) is 12.1 Å². The first-order chi connectivity index (χ1) is 11.7. The third kappa shape index (κ3) is 5.91. The zero-order valence-corrected chi connectivity index (χ0v) is 14.4. The van der Waals surface area contributed by atoms with Gasteiger partial charge in [0.15, 0.2) is 0 Å². The average molecular weight is 376 g/mol. The molecule has 0 spiro atoms. The van der Waals surface area contributed by atoms with Crippen LogP contribution in [0.2, 0.25) is 0 Å². The van der Waals surface area contributed by atoms with Crippen LogP contribution in [0, 0.1) is 0 Å². The molecule has 0 aliphatic carbocycles. The molecule has 25 heavy (non-hydrogen) atoms. The lowest BCUT2D eigenvalue weighted by atomic mass is 10.1. The molecular formula is C15H19F3N4O2S. The quantitative estimate of drug-likeness (QED) is 0.585. The molecule has 0 bridgehead atoms. The summed E-state index contributed by atoms with van der Waals surface area (Å²) >= 11 is -0.188. The molecule has 2 amide bonds. The molecule has 2 unspecified atom stereocenters. The van der Waals surface area contributed by atoms with Crippen molar-refractivity contribution in [2.24, 2.45) is 0 Å². The summed E-state index contributed by atoms with van der Waals surface area (Å²) in [5.41, 5.74) is -3.66. The minimum Gasteiger partial charge on any atom is -0.348 e. The van der Waals surface area contributed by atoms with Gasteiger partial charge in [-0.05, 0) is 43.4 Å². The van der Waals surface area contributed by atoms with Crippen LogP contribution in [0.25, 0.3) is 0 Å². The van der Waals surface area contributed by atoms with Gasteiger partial charge in [-0.3, -0.25) is 20.2 Å². The van der Waals surface area contributed by atoms with Crippen LogP contribution in [0.4, 0.5) is 13.2 Å². The predicted molar refractivity (Wildman–Crippen MR) is 87.4 cm³/mol. The van der Waals surface area contributed by atoms with Crippen LogP contribution < -0.4 is 21.3 Å². The highest BCUT2D eigenvalue weighted by Crippen LogP contribution is 2.37. The topological polar surface area (TPSA) is 82.3 Å². The first-order valence-corrected chi connectivity index (χ1v) is 8.38. The second-order valence-electron chi connectivity index (χ2n) is 5.56. The van der Waals surface area contributed by atoms with Crippen molar-refractivity contribution < 1.29 is 22.8 Å². The fraction of sp³-hybridized carbons (Fsp3) is 0.467. The maximum Gasteiger partial charge on any atom is 0.446 e. The molecule has 0 saturated carbocycles. The van der Waals surface area contributed by atoms with Crippen LogP contribution >= 0.6 is 11.8 Å². The number of amides is 2.